The highest BCUT2D eigenvalue weighted by molar-refractivity contribution is 6.30. The summed E-state index contributed by atoms with van der Waals surface area (Å²) in [7, 11) is 0. The van der Waals surface area contributed by atoms with Gasteiger partial charge in [-0.3, -0.25) is 4.79 Å². The lowest BCUT2D eigenvalue weighted by molar-refractivity contribution is -0.146. The standard InChI is InChI=1S/C21H28ClN3O3/c1-14-13-25(20(27)24-17-6-4-16(22)5-7-17)11-10-21(14)9-8-18(28-21)19(26)23-12-15-2-3-15/h4-7,14-15,18H,2-3,8-13H2,1H3,(H,23,26)(H,24,27)/t14-,18-,21-/m1/s1. The van der Waals surface area contributed by atoms with Crippen molar-refractivity contribution in [3.63, 3.8) is 0 Å². The van der Waals surface area contributed by atoms with E-state index in [1.165, 1.54) is 12.8 Å². The summed E-state index contributed by atoms with van der Waals surface area (Å²) in [6, 6.07) is 6.98. The molecule has 1 spiro atoms. The highest BCUT2D eigenvalue weighted by Crippen LogP contribution is 2.42. The molecule has 0 aromatic heterocycles. The molecule has 2 saturated heterocycles. The monoisotopic (exact) mass is 405 g/mol. The van der Waals surface area contributed by atoms with Crippen molar-refractivity contribution >= 4 is 29.2 Å². The lowest BCUT2D eigenvalue weighted by atomic mass is 9.80. The SMILES string of the molecule is C[C@@H]1CN(C(=O)Nc2ccc(Cl)cc2)CC[C@]12CC[C@H](C(=O)NCC1CC1)O2. The molecule has 1 aromatic carbocycles. The van der Waals surface area contributed by atoms with Crippen LogP contribution in [-0.2, 0) is 9.53 Å². The van der Waals surface area contributed by atoms with E-state index in [-0.39, 0.29) is 29.6 Å². The molecule has 152 valence electrons. The molecule has 3 aliphatic rings. The van der Waals surface area contributed by atoms with E-state index in [1.54, 1.807) is 24.3 Å². The smallest absolute Gasteiger partial charge is 0.321 e. The second kappa shape index (κ2) is 7.91. The molecular formula is C21H28ClN3O3. The average molecular weight is 406 g/mol. The van der Waals surface area contributed by atoms with E-state index >= 15 is 0 Å². The fourth-order valence-electron chi connectivity index (χ4n) is 4.27. The van der Waals surface area contributed by atoms with Crippen LogP contribution in [0.2, 0.25) is 5.02 Å². The number of halogens is 1. The molecule has 6 nitrogen and oxygen atoms in total. The number of rotatable bonds is 4. The summed E-state index contributed by atoms with van der Waals surface area (Å²) in [4.78, 5) is 26.8. The molecule has 2 heterocycles. The number of carbonyl (C=O) groups is 2. The van der Waals surface area contributed by atoms with Crippen LogP contribution in [0.4, 0.5) is 10.5 Å². The Hall–Kier alpha value is -1.79. The largest absolute Gasteiger partial charge is 0.362 e. The van der Waals surface area contributed by atoms with E-state index in [4.69, 9.17) is 16.3 Å². The van der Waals surface area contributed by atoms with Crippen LogP contribution in [0.25, 0.3) is 0 Å². The predicted molar refractivity (Wildman–Crippen MR) is 108 cm³/mol. The van der Waals surface area contributed by atoms with Gasteiger partial charge in [0.25, 0.3) is 0 Å². The first-order chi connectivity index (χ1) is 13.4. The number of ether oxygens (including phenoxy) is 1. The zero-order valence-corrected chi connectivity index (χ0v) is 17.0. The van der Waals surface area contributed by atoms with Crippen molar-refractivity contribution in [2.24, 2.45) is 11.8 Å². The number of hydrogen-bond donors (Lipinski definition) is 2. The van der Waals surface area contributed by atoms with E-state index in [0.29, 0.717) is 24.0 Å². The number of hydrogen-bond acceptors (Lipinski definition) is 3. The molecule has 2 aliphatic heterocycles. The maximum atomic E-state index is 12.6. The van der Waals surface area contributed by atoms with Crippen LogP contribution in [0.1, 0.15) is 39.0 Å². The number of amides is 3. The molecule has 3 fully saturated rings. The summed E-state index contributed by atoms with van der Waals surface area (Å²) in [5.74, 6) is 0.873. The van der Waals surface area contributed by atoms with Gasteiger partial charge in [0.15, 0.2) is 0 Å². The van der Waals surface area contributed by atoms with Gasteiger partial charge in [-0.2, -0.15) is 0 Å². The molecule has 2 N–H and O–H groups in total. The number of nitrogens with one attached hydrogen (secondary N) is 2. The van der Waals surface area contributed by atoms with E-state index < -0.39 is 0 Å². The number of likely N-dealkylation sites (tertiary alicyclic amines) is 1. The van der Waals surface area contributed by atoms with Crippen molar-refractivity contribution < 1.29 is 14.3 Å². The summed E-state index contributed by atoms with van der Waals surface area (Å²) >= 11 is 5.89. The minimum atomic E-state index is -0.351. The van der Waals surface area contributed by atoms with Gasteiger partial charge < -0.3 is 20.3 Å². The Morgan fingerprint density at radius 1 is 1.21 bits per heavy atom. The van der Waals surface area contributed by atoms with Gasteiger partial charge in [0.1, 0.15) is 6.10 Å². The van der Waals surface area contributed by atoms with Gasteiger partial charge in [-0.15, -0.1) is 0 Å². The van der Waals surface area contributed by atoms with Crippen molar-refractivity contribution in [3.8, 4) is 0 Å². The van der Waals surface area contributed by atoms with Crippen LogP contribution in [0, 0.1) is 11.8 Å². The zero-order chi connectivity index (χ0) is 19.7. The van der Waals surface area contributed by atoms with Gasteiger partial charge in [-0.25, -0.2) is 4.79 Å². The Morgan fingerprint density at radius 2 is 1.96 bits per heavy atom. The predicted octanol–water partition coefficient (Wildman–Crippen LogP) is 3.66. The van der Waals surface area contributed by atoms with Crippen LogP contribution in [0.5, 0.6) is 0 Å². The van der Waals surface area contributed by atoms with Gasteiger partial charge in [-0.05, 0) is 62.3 Å². The number of benzene rings is 1. The Labute approximate surface area is 170 Å². The van der Waals surface area contributed by atoms with Crippen molar-refractivity contribution in [2.75, 3.05) is 25.0 Å². The Balaban J connectivity index is 1.30. The number of nitrogens with zero attached hydrogens (tertiary/aromatic N) is 1. The molecule has 0 radical (unpaired) electrons. The highest BCUT2D eigenvalue weighted by atomic mass is 35.5. The lowest BCUT2D eigenvalue weighted by Gasteiger charge is -2.44. The van der Waals surface area contributed by atoms with Crippen molar-refractivity contribution in [1.29, 1.82) is 0 Å². The van der Waals surface area contributed by atoms with Gasteiger partial charge in [-0.1, -0.05) is 18.5 Å². The van der Waals surface area contributed by atoms with E-state index in [1.807, 2.05) is 4.90 Å². The Bertz CT molecular complexity index is 737. The molecule has 1 aliphatic carbocycles. The number of anilines is 1. The minimum absolute atomic E-state index is 0.0267. The summed E-state index contributed by atoms with van der Waals surface area (Å²) < 4.78 is 6.29. The maximum Gasteiger partial charge on any atom is 0.321 e. The molecule has 1 aromatic rings. The average Bonchev–Trinajstić information content (AvgIpc) is 3.42. The fourth-order valence-corrected chi connectivity index (χ4v) is 4.39. The molecule has 0 bridgehead atoms. The molecule has 7 heteroatoms. The highest BCUT2D eigenvalue weighted by Gasteiger charge is 2.49. The quantitative estimate of drug-likeness (QED) is 0.803. The third kappa shape index (κ3) is 4.28. The number of piperidine rings is 1. The fraction of sp³-hybridized carbons (Fsp3) is 0.619. The summed E-state index contributed by atoms with van der Waals surface area (Å²) in [6.07, 6.45) is 4.49. The van der Waals surface area contributed by atoms with Crippen LogP contribution >= 0.6 is 11.6 Å². The molecule has 4 rings (SSSR count). The van der Waals surface area contributed by atoms with Crippen molar-refractivity contribution in [1.82, 2.24) is 10.2 Å². The minimum Gasteiger partial charge on any atom is -0.362 e. The van der Waals surface area contributed by atoms with Crippen LogP contribution in [0.3, 0.4) is 0 Å². The van der Waals surface area contributed by atoms with Gasteiger partial charge >= 0.3 is 6.03 Å². The van der Waals surface area contributed by atoms with Gasteiger partial charge in [0.2, 0.25) is 5.91 Å². The third-order valence-electron chi connectivity index (χ3n) is 6.34. The first-order valence-electron chi connectivity index (χ1n) is 10.2. The zero-order valence-electron chi connectivity index (χ0n) is 16.2. The molecular weight excluding hydrogens is 378 g/mol. The van der Waals surface area contributed by atoms with Crippen LogP contribution in [0.15, 0.2) is 24.3 Å². The number of carbonyl (C=O) groups excluding carboxylic acids is 2. The summed E-state index contributed by atoms with van der Waals surface area (Å²) in [5, 5.41) is 6.60. The lowest BCUT2D eigenvalue weighted by Crippen LogP contribution is -2.54. The van der Waals surface area contributed by atoms with Gasteiger partial charge in [0.05, 0.1) is 5.60 Å². The van der Waals surface area contributed by atoms with Crippen molar-refractivity contribution in [2.45, 2.75) is 50.7 Å². The molecule has 3 amide bonds. The normalized spacial score (nSPS) is 29.7. The Kier molecular flexibility index (Phi) is 5.52. The van der Waals surface area contributed by atoms with Crippen LogP contribution < -0.4 is 10.6 Å². The van der Waals surface area contributed by atoms with Crippen molar-refractivity contribution in [3.05, 3.63) is 29.3 Å². The Morgan fingerprint density at radius 3 is 2.64 bits per heavy atom. The summed E-state index contributed by atoms with van der Waals surface area (Å²) in [5.41, 5.74) is 0.436. The molecule has 0 unspecified atom stereocenters. The van der Waals surface area contributed by atoms with Crippen LogP contribution in [-0.4, -0.2) is 48.2 Å². The second-order valence-electron chi connectivity index (χ2n) is 8.43. The molecule has 28 heavy (non-hydrogen) atoms. The third-order valence-corrected chi connectivity index (χ3v) is 6.59. The first kappa shape index (κ1) is 19.5. The first-order valence-corrected chi connectivity index (χ1v) is 10.6. The second-order valence-corrected chi connectivity index (χ2v) is 8.87. The molecule has 1 saturated carbocycles. The number of urea groups is 1. The maximum absolute atomic E-state index is 12.6. The summed E-state index contributed by atoms with van der Waals surface area (Å²) in [6.45, 7) is 4.14. The van der Waals surface area contributed by atoms with Gasteiger partial charge in [0, 0.05) is 36.3 Å². The van der Waals surface area contributed by atoms with E-state index in [0.717, 1.165) is 31.5 Å². The van der Waals surface area contributed by atoms with E-state index in [9.17, 15) is 9.59 Å². The topological polar surface area (TPSA) is 70.7 Å². The molecule has 3 atom stereocenters. The van der Waals surface area contributed by atoms with E-state index in [2.05, 4.69) is 17.6 Å².